The Kier molecular flexibility index (Phi) is 5.77. The zero-order chi connectivity index (χ0) is 12.0. The summed E-state index contributed by atoms with van der Waals surface area (Å²) in [5.41, 5.74) is 0.480. The first-order valence-electron chi connectivity index (χ1n) is 6.97. The second-order valence-corrected chi connectivity index (χ2v) is 6.02. The zero-order valence-corrected chi connectivity index (χ0v) is 11.7. The minimum atomic E-state index is 0.480. The number of hydrogen-bond donors (Lipinski definition) is 1. The van der Waals surface area contributed by atoms with Gasteiger partial charge in [0.05, 0.1) is 0 Å². The Labute approximate surface area is 102 Å². The maximum absolute atomic E-state index is 3.34. The van der Waals surface area contributed by atoms with Gasteiger partial charge in [-0.15, -0.1) is 0 Å². The van der Waals surface area contributed by atoms with Crippen LogP contribution in [0.3, 0.4) is 0 Å². The van der Waals surface area contributed by atoms with Gasteiger partial charge >= 0.3 is 0 Å². The molecule has 0 aromatic carbocycles. The molecule has 0 aliphatic carbocycles. The number of piperidine rings is 1. The highest BCUT2D eigenvalue weighted by molar-refractivity contribution is 4.87. The van der Waals surface area contributed by atoms with Gasteiger partial charge < -0.3 is 10.2 Å². The van der Waals surface area contributed by atoms with Crippen LogP contribution in [-0.4, -0.2) is 38.1 Å². The molecule has 1 atom stereocenters. The topological polar surface area (TPSA) is 15.3 Å². The van der Waals surface area contributed by atoms with Crippen LogP contribution in [0.4, 0.5) is 0 Å². The van der Waals surface area contributed by atoms with E-state index >= 15 is 0 Å². The highest BCUT2D eigenvalue weighted by Gasteiger charge is 2.34. The minimum Gasteiger partial charge on any atom is -0.319 e. The summed E-state index contributed by atoms with van der Waals surface area (Å²) in [6.45, 7) is 12.2. The predicted octanol–water partition coefficient (Wildman–Crippen LogP) is 2.74. The molecule has 0 spiro atoms. The lowest BCUT2D eigenvalue weighted by Gasteiger charge is -2.44. The van der Waals surface area contributed by atoms with Crippen LogP contribution in [0.2, 0.25) is 0 Å². The largest absolute Gasteiger partial charge is 0.319 e. The van der Waals surface area contributed by atoms with Crippen molar-refractivity contribution in [1.29, 1.82) is 0 Å². The summed E-state index contributed by atoms with van der Waals surface area (Å²) in [4.78, 5) is 2.67. The van der Waals surface area contributed by atoms with Crippen molar-refractivity contribution in [2.24, 2.45) is 11.3 Å². The fourth-order valence-electron chi connectivity index (χ4n) is 2.91. The molecular formula is C14H30N2. The maximum atomic E-state index is 3.34. The smallest absolute Gasteiger partial charge is 0.00358 e. The number of rotatable bonds is 6. The molecule has 0 amide bonds. The van der Waals surface area contributed by atoms with E-state index in [9.17, 15) is 0 Å². The number of nitrogens with zero attached hydrogens (tertiary/aromatic N) is 1. The first kappa shape index (κ1) is 14.0. The van der Waals surface area contributed by atoms with Gasteiger partial charge in [-0.1, -0.05) is 33.6 Å². The van der Waals surface area contributed by atoms with Gasteiger partial charge in [-0.3, -0.25) is 0 Å². The van der Waals surface area contributed by atoms with Crippen LogP contribution in [0.1, 0.15) is 46.5 Å². The Morgan fingerprint density at radius 2 is 2.06 bits per heavy atom. The normalized spacial score (nSPS) is 25.9. The quantitative estimate of drug-likeness (QED) is 0.701. The first-order valence-corrected chi connectivity index (χ1v) is 6.97. The van der Waals surface area contributed by atoms with Crippen molar-refractivity contribution < 1.29 is 0 Å². The Bertz CT molecular complexity index is 189. The fourth-order valence-corrected chi connectivity index (χ4v) is 2.91. The first-order chi connectivity index (χ1) is 7.60. The van der Waals surface area contributed by atoms with Crippen LogP contribution < -0.4 is 5.32 Å². The lowest BCUT2D eigenvalue weighted by atomic mass is 9.74. The average molecular weight is 226 g/mol. The third-order valence-corrected chi connectivity index (χ3v) is 4.06. The van der Waals surface area contributed by atoms with Crippen molar-refractivity contribution in [1.82, 2.24) is 10.2 Å². The molecule has 1 aliphatic rings. The van der Waals surface area contributed by atoms with Gasteiger partial charge in [0.1, 0.15) is 0 Å². The molecule has 0 bridgehead atoms. The lowest BCUT2D eigenvalue weighted by Crippen LogP contribution is -2.48. The van der Waals surface area contributed by atoms with Crippen molar-refractivity contribution >= 4 is 0 Å². The lowest BCUT2D eigenvalue weighted by molar-refractivity contribution is 0.0550. The molecular weight excluding hydrogens is 196 g/mol. The molecule has 1 rings (SSSR count). The Hall–Kier alpha value is -0.0800. The Morgan fingerprint density at radius 3 is 2.62 bits per heavy atom. The van der Waals surface area contributed by atoms with E-state index in [0.717, 1.165) is 5.92 Å². The van der Waals surface area contributed by atoms with Crippen molar-refractivity contribution in [3.8, 4) is 0 Å². The second kappa shape index (κ2) is 6.61. The number of nitrogens with one attached hydrogen (secondary N) is 1. The van der Waals surface area contributed by atoms with E-state index in [1.165, 1.54) is 51.9 Å². The summed E-state index contributed by atoms with van der Waals surface area (Å²) in [7, 11) is 2.07. The molecule has 1 heterocycles. The van der Waals surface area contributed by atoms with Crippen LogP contribution in [0.25, 0.3) is 0 Å². The molecule has 0 aromatic rings. The number of unbranched alkanes of at least 4 members (excludes halogenated alkanes) is 2. The maximum Gasteiger partial charge on any atom is 0.00358 e. The number of likely N-dealkylation sites (tertiary alicyclic amines) is 1. The van der Waals surface area contributed by atoms with Crippen LogP contribution >= 0.6 is 0 Å². The summed E-state index contributed by atoms with van der Waals surface area (Å²) < 4.78 is 0. The van der Waals surface area contributed by atoms with Crippen LogP contribution in [0.15, 0.2) is 0 Å². The summed E-state index contributed by atoms with van der Waals surface area (Å²) in [5.74, 6) is 0.847. The van der Waals surface area contributed by atoms with Gasteiger partial charge in [0.2, 0.25) is 0 Å². The molecule has 2 nitrogen and oxygen atoms in total. The summed E-state index contributed by atoms with van der Waals surface area (Å²) in [5, 5.41) is 3.34. The van der Waals surface area contributed by atoms with Gasteiger partial charge in [0.25, 0.3) is 0 Å². The average Bonchev–Trinajstić information content (AvgIpc) is 2.22. The molecule has 1 aliphatic heterocycles. The molecule has 2 heteroatoms. The standard InChI is InChI=1S/C14H30N2/c1-5-6-7-9-16-10-8-13(11-15-4)14(2,3)12-16/h13,15H,5-12H2,1-4H3. The van der Waals surface area contributed by atoms with E-state index < -0.39 is 0 Å². The highest BCUT2D eigenvalue weighted by Crippen LogP contribution is 2.34. The molecule has 1 fully saturated rings. The highest BCUT2D eigenvalue weighted by atomic mass is 15.1. The van der Waals surface area contributed by atoms with Gasteiger partial charge in [-0.05, 0) is 50.9 Å². The van der Waals surface area contributed by atoms with Gasteiger partial charge in [-0.2, -0.15) is 0 Å². The van der Waals surface area contributed by atoms with Crippen LogP contribution in [-0.2, 0) is 0 Å². The Morgan fingerprint density at radius 1 is 1.31 bits per heavy atom. The molecule has 16 heavy (non-hydrogen) atoms. The third-order valence-electron chi connectivity index (χ3n) is 4.06. The molecule has 1 saturated heterocycles. The van der Waals surface area contributed by atoms with Gasteiger partial charge in [0, 0.05) is 6.54 Å². The molecule has 1 unspecified atom stereocenters. The van der Waals surface area contributed by atoms with E-state index in [2.05, 4.69) is 38.0 Å². The zero-order valence-electron chi connectivity index (χ0n) is 11.7. The monoisotopic (exact) mass is 226 g/mol. The third kappa shape index (κ3) is 4.06. The molecule has 1 N–H and O–H groups in total. The fraction of sp³-hybridized carbons (Fsp3) is 1.00. The Balaban J connectivity index is 2.35. The number of hydrogen-bond acceptors (Lipinski definition) is 2. The summed E-state index contributed by atoms with van der Waals surface area (Å²) in [6.07, 6.45) is 5.46. The van der Waals surface area contributed by atoms with Gasteiger partial charge in [-0.25, -0.2) is 0 Å². The van der Waals surface area contributed by atoms with Crippen molar-refractivity contribution in [3.63, 3.8) is 0 Å². The van der Waals surface area contributed by atoms with E-state index in [1.807, 2.05) is 0 Å². The van der Waals surface area contributed by atoms with Crippen molar-refractivity contribution in [2.45, 2.75) is 46.5 Å². The molecule has 0 radical (unpaired) electrons. The van der Waals surface area contributed by atoms with E-state index in [4.69, 9.17) is 0 Å². The minimum absolute atomic E-state index is 0.480. The van der Waals surface area contributed by atoms with Gasteiger partial charge in [0.15, 0.2) is 0 Å². The molecule has 96 valence electrons. The van der Waals surface area contributed by atoms with Crippen LogP contribution in [0.5, 0.6) is 0 Å². The second-order valence-electron chi connectivity index (χ2n) is 6.02. The van der Waals surface area contributed by atoms with E-state index in [1.54, 1.807) is 0 Å². The van der Waals surface area contributed by atoms with Crippen molar-refractivity contribution in [2.75, 3.05) is 33.2 Å². The molecule has 0 aromatic heterocycles. The van der Waals surface area contributed by atoms with E-state index in [-0.39, 0.29) is 0 Å². The van der Waals surface area contributed by atoms with Crippen molar-refractivity contribution in [3.05, 3.63) is 0 Å². The summed E-state index contributed by atoms with van der Waals surface area (Å²) in [6, 6.07) is 0. The van der Waals surface area contributed by atoms with E-state index in [0.29, 0.717) is 5.41 Å². The summed E-state index contributed by atoms with van der Waals surface area (Å²) >= 11 is 0. The van der Waals surface area contributed by atoms with Crippen LogP contribution in [0, 0.1) is 11.3 Å². The SMILES string of the molecule is CCCCCN1CCC(CNC)C(C)(C)C1. The molecule has 0 saturated carbocycles. The predicted molar refractivity (Wildman–Crippen MR) is 71.8 cm³/mol.